The summed E-state index contributed by atoms with van der Waals surface area (Å²) in [5, 5.41) is 57.3. The van der Waals surface area contributed by atoms with Crippen LogP contribution in [0.15, 0.2) is 72.9 Å². The van der Waals surface area contributed by atoms with Crippen LogP contribution in [0.3, 0.4) is 0 Å². The standard InChI is InChI=1S/C75H135NO10/c1-4-7-10-13-16-19-22-25-27-29-31-32-33-34-35-36-37-39-40-42-44-47-50-53-56-59-62-68(79)74(83)76-66(67(78)61-58-55-52-49-46-24-21-18-15-12-9-6-3)65-84-75-73(72(82)71(81)69(64-77)85-75)86-70(80)63-60-57-54-51-48-45-43-41-38-30-28-26-23-20-17-14-11-8-5-2/h16-17,19-20,25-28,31-32,58,61,66-69,71-73,75,77-79,81-82H,4-15,18,21-24,29-30,33-57,59-60,62-65H2,1-3H3,(H,76,83)/b19-16-,20-17-,27-25-,28-26-,32-31-,61-58+. The second-order valence-electron chi connectivity index (χ2n) is 25.0. The summed E-state index contributed by atoms with van der Waals surface area (Å²) < 4.78 is 17.7. The van der Waals surface area contributed by atoms with E-state index in [0.29, 0.717) is 12.8 Å². The van der Waals surface area contributed by atoms with Crippen LogP contribution in [0, 0.1) is 0 Å². The molecule has 0 aliphatic carbocycles. The Kier molecular flexibility index (Phi) is 58.8. The molecule has 500 valence electrons. The van der Waals surface area contributed by atoms with E-state index in [2.05, 4.69) is 86.8 Å². The molecule has 8 atom stereocenters. The molecule has 11 nitrogen and oxygen atoms in total. The van der Waals surface area contributed by atoms with E-state index in [1.807, 2.05) is 6.08 Å². The molecular formula is C75H135NO10. The SMILES string of the molecule is CCCCC/C=C\C/C=C\C/C=C\CCCCCCCCCCCCCCCC(O)C(=O)NC(COC1OC(CO)C(O)C(O)C1OC(=O)CCCCCCCCCCC/C=C\C/C=C\CCCCC)C(O)/C=C/CCCCCCCCCCCC. The number of carbonyl (C=O) groups excluding carboxylic acids is 2. The van der Waals surface area contributed by atoms with Crippen molar-refractivity contribution in [1.29, 1.82) is 0 Å². The molecule has 1 aliphatic heterocycles. The van der Waals surface area contributed by atoms with Crippen LogP contribution in [0.5, 0.6) is 0 Å². The zero-order chi connectivity index (χ0) is 62.4. The molecule has 0 aromatic carbocycles. The fourth-order valence-electron chi connectivity index (χ4n) is 11.1. The summed E-state index contributed by atoms with van der Waals surface area (Å²) in [5.74, 6) is -1.19. The highest BCUT2D eigenvalue weighted by Gasteiger charge is 2.47. The maximum Gasteiger partial charge on any atom is 0.306 e. The van der Waals surface area contributed by atoms with E-state index >= 15 is 0 Å². The molecule has 86 heavy (non-hydrogen) atoms. The van der Waals surface area contributed by atoms with Crippen molar-refractivity contribution in [2.24, 2.45) is 0 Å². The predicted molar refractivity (Wildman–Crippen MR) is 361 cm³/mol. The van der Waals surface area contributed by atoms with Crippen LogP contribution in [0.4, 0.5) is 0 Å². The second kappa shape index (κ2) is 62.3. The molecule has 1 heterocycles. The van der Waals surface area contributed by atoms with Crippen molar-refractivity contribution in [3.8, 4) is 0 Å². The summed E-state index contributed by atoms with van der Waals surface area (Å²) in [5.41, 5.74) is 0. The molecule has 0 saturated carbocycles. The molecule has 1 fully saturated rings. The van der Waals surface area contributed by atoms with Crippen LogP contribution in [-0.4, -0.2) is 99.6 Å². The van der Waals surface area contributed by atoms with Gasteiger partial charge in [0.15, 0.2) is 12.4 Å². The van der Waals surface area contributed by atoms with Crippen molar-refractivity contribution < 1.29 is 49.3 Å². The van der Waals surface area contributed by atoms with E-state index in [1.54, 1.807) is 6.08 Å². The average Bonchev–Trinajstić information content (AvgIpc) is 3.68. The van der Waals surface area contributed by atoms with Gasteiger partial charge in [-0.2, -0.15) is 0 Å². The van der Waals surface area contributed by atoms with Crippen molar-refractivity contribution in [2.75, 3.05) is 13.2 Å². The number of aliphatic hydroxyl groups excluding tert-OH is 5. The molecule has 0 aromatic rings. The van der Waals surface area contributed by atoms with Crippen molar-refractivity contribution in [3.63, 3.8) is 0 Å². The molecular weight excluding hydrogens is 1070 g/mol. The molecule has 1 aliphatic rings. The van der Waals surface area contributed by atoms with E-state index in [4.69, 9.17) is 14.2 Å². The molecule has 8 unspecified atom stereocenters. The number of esters is 1. The van der Waals surface area contributed by atoms with Gasteiger partial charge in [-0.1, -0.05) is 299 Å². The summed E-state index contributed by atoms with van der Waals surface area (Å²) in [6.07, 6.45) is 70.8. The molecule has 1 amide bonds. The Labute approximate surface area is 528 Å². The van der Waals surface area contributed by atoms with Gasteiger partial charge in [0.1, 0.15) is 24.4 Å². The monoisotopic (exact) mass is 1210 g/mol. The van der Waals surface area contributed by atoms with Gasteiger partial charge >= 0.3 is 5.97 Å². The number of unbranched alkanes of at least 4 members (excludes halogenated alkanes) is 38. The van der Waals surface area contributed by atoms with E-state index < -0.39 is 67.4 Å². The number of rotatable bonds is 62. The normalized spacial score (nSPS) is 18.7. The lowest BCUT2D eigenvalue weighted by Crippen LogP contribution is -2.61. The molecule has 0 bridgehead atoms. The smallest absolute Gasteiger partial charge is 0.306 e. The number of carbonyl (C=O) groups is 2. The van der Waals surface area contributed by atoms with Gasteiger partial charge in [0.05, 0.1) is 25.4 Å². The topological polar surface area (TPSA) is 175 Å². The minimum absolute atomic E-state index is 0.118. The minimum atomic E-state index is -1.62. The Morgan fingerprint density at radius 2 is 0.802 bits per heavy atom. The van der Waals surface area contributed by atoms with Gasteiger partial charge in [-0.15, -0.1) is 0 Å². The number of hydrogen-bond acceptors (Lipinski definition) is 10. The number of amides is 1. The number of hydrogen-bond donors (Lipinski definition) is 6. The summed E-state index contributed by atoms with van der Waals surface area (Å²) >= 11 is 0. The van der Waals surface area contributed by atoms with Crippen LogP contribution >= 0.6 is 0 Å². The average molecular weight is 1210 g/mol. The van der Waals surface area contributed by atoms with E-state index in [-0.39, 0.29) is 19.4 Å². The van der Waals surface area contributed by atoms with Crippen molar-refractivity contribution >= 4 is 11.9 Å². The number of ether oxygens (including phenoxy) is 3. The zero-order valence-electron chi connectivity index (χ0n) is 55.7. The Morgan fingerprint density at radius 3 is 1.22 bits per heavy atom. The lowest BCUT2D eigenvalue weighted by Gasteiger charge is -2.41. The summed E-state index contributed by atoms with van der Waals surface area (Å²) in [6.45, 7) is 5.77. The maximum atomic E-state index is 13.5. The van der Waals surface area contributed by atoms with Gasteiger partial charge in [0, 0.05) is 6.42 Å². The molecule has 0 aromatic heterocycles. The zero-order valence-corrected chi connectivity index (χ0v) is 55.7. The van der Waals surface area contributed by atoms with Gasteiger partial charge in [0.25, 0.3) is 0 Å². The quantitative estimate of drug-likeness (QED) is 0.0195. The van der Waals surface area contributed by atoms with E-state index in [9.17, 15) is 35.1 Å². The summed E-state index contributed by atoms with van der Waals surface area (Å²) in [4.78, 5) is 26.7. The first-order chi connectivity index (χ1) is 42.2. The van der Waals surface area contributed by atoms with E-state index in [1.165, 1.54) is 199 Å². The van der Waals surface area contributed by atoms with Crippen molar-refractivity contribution in [1.82, 2.24) is 5.32 Å². The minimum Gasteiger partial charge on any atom is -0.454 e. The first-order valence-corrected chi connectivity index (χ1v) is 36.2. The highest BCUT2D eigenvalue weighted by Crippen LogP contribution is 2.26. The Bertz CT molecular complexity index is 1680. The first kappa shape index (κ1) is 81.1. The number of nitrogens with one attached hydrogen (secondary N) is 1. The van der Waals surface area contributed by atoms with Crippen LogP contribution in [0.1, 0.15) is 329 Å². The van der Waals surface area contributed by atoms with Gasteiger partial charge in [-0.25, -0.2) is 0 Å². The molecule has 6 N–H and O–H groups in total. The van der Waals surface area contributed by atoms with Gasteiger partial charge in [-0.3, -0.25) is 9.59 Å². The molecule has 1 saturated heterocycles. The van der Waals surface area contributed by atoms with Crippen LogP contribution < -0.4 is 5.32 Å². The number of aliphatic hydroxyl groups is 5. The van der Waals surface area contributed by atoms with Crippen molar-refractivity contribution in [3.05, 3.63) is 72.9 Å². The Morgan fingerprint density at radius 1 is 0.453 bits per heavy atom. The van der Waals surface area contributed by atoms with Crippen molar-refractivity contribution in [2.45, 2.75) is 378 Å². The number of allylic oxidation sites excluding steroid dienone is 11. The lowest BCUT2D eigenvalue weighted by molar-refractivity contribution is -0.305. The third kappa shape index (κ3) is 49.0. The third-order valence-electron chi connectivity index (χ3n) is 16.8. The van der Waals surface area contributed by atoms with Gasteiger partial charge in [-0.05, 0) is 96.3 Å². The molecule has 11 heteroatoms. The fraction of sp³-hybridized carbons (Fsp3) is 0.813. The summed E-state index contributed by atoms with van der Waals surface area (Å²) in [6, 6.07) is -1.03. The third-order valence-corrected chi connectivity index (χ3v) is 16.8. The highest BCUT2D eigenvalue weighted by atomic mass is 16.7. The molecule has 0 radical (unpaired) electrons. The van der Waals surface area contributed by atoms with Gasteiger partial charge in [0.2, 0.25) is 5.91 Å². The highest BCUT2D eigenvalue weighted by molar-refractivity contribution is 5.80. The van der Waals surface area contributed by atoms with E-state index in [0.717, 1.165) is 83.5 Å². The molecule has 1 rings (SSSR count). The van der Waals surface area contributed by atoms with Crippen LogP contribution in [0.2, 0.25) is 0 Å². The lowest BCUT2D eigenvalue weighted by atomic mass is 9.99. The fourth-order valence-corrected chi connectivity index (χ4v) is 11.1. The largest absolute Gasteiger partial charge is 0.454 e. The first-order valence-electron chi connectivity index (χ1n) is 36.2. The molecule has 0 spiro atoms. The maximum absolute atomic E-state index is 13.5. The summed E-state index contributed by atoms with van der Waals surface area (Å²) in [7, 11) is 0. The van der Waals surface area contributed by atoms with Crippen LogP contribution in [0.25, 0.3) is 0 Å². The Hall–Kier alpha value is -2.90. The predicted octanol–water partition coefficient (Wildman–Crippen LogP) is 18.7. The van der Waals surface area contributed by atoms with Gasteiger partial charge < -0.3 is 45.1 Å². The second-order valence-corrected chi connectivity index (χ2v) is 25.0. The Balaban J connectivity index is 2.56. The van der Waals surface area contributed by atoms with Crippen LogP contribution in [-0.2, 0) is 23.8 Å².